The maximum absolute atomic E-state index is 12.4. The molecule has 4 aromatic rings. The summed E-state index contributed by atoms with van der Waals surface area (Å²) in [6.45, 7) is 1.66. The summed E-state index contributed by atoms with van der Waals surface area (Å²) in [4.78, 5) is 36.8. The number of benzene rings is 4. The van der Waals surface area contributed by atoms with Crippen LogP contribution in [-0.2, 0) is 23.8 Å². The molecule has 0 aromatic heterocycles. The van der Waals surface area contributed by atoms with Crippen LogP contribution in [0, 0.1) is 0 Å². The highest BCUT2D eigenvalue weighted by molar-refractivity contribution is 7.99. The second-order valence-electron chi connectivity index (χ2n) is 18.3. The van der Waals surface area contributed by atoms with Gasteiger partial charge < -0.3 is 39.1 Å². The predicted molar refractivity (Wildman–Crippen MR) is 252 cm³/mol. The lowest BCUT2D eigenvalue weighted by molar-refractivity contribution is -0.157. The molecule has 2 N–H and O–H groups in total. The Bertz CT molecular complexity index is 2150. The molecule has 4 aromatic carbocycles. The first-order chi connectivity index (χ1) is 31.0. The number of nitrogens with zero attached hydrogens (tertiary/aromatic N) is 4. The van der Waals surface area contributed by atoms with Gasteiger partial charge in [-0.3, -0.25) is 14.5 Å². The molecule has 0 amide bonds. The Kier molecular flexibility index (Phi) is 15.4. The number of esters is 2. The van der Waals surface area contributed by atoms with Gasteiger partial charge in [-0.1, -0.05) is 96.2 Å². The van der Waals surface area contributed by atoms with Crippen molar-refractivity contribution < 1.29 is 34.0 Å². The van der Waals surface area contributed by atoms with E-state index in [0.717, 1.165) is 61.3 Å². The van der Waals surface area contributed by atoms with Crippen molar-refractivity contribution in [3.8, 4) is 0 Å². The van der Waals surface area contributed by atoms with Gasteiger partial charge in [0.1, 0.15) is 36.3 Å². The number of likely N-dealkylation sites (N-methyl/N-ethyl adjacent to an activating group) is 1. The number of carbonyl (C=O) groups excluding carboxylic acids is 2. The fourth-order valence-electron chi connectivity index (χ4n) is 10.3. The molecule has 5 saturated heterocycles. The van der Waals surface area contributed by atoms with Gasteiger partial charge in [-0.15, -0.1) is 0 Å². The third kappa shape index (κ3) is 10.7. The Morgan fingerprint density at radius 1 is 0.719 bits per heavy atom. The summed E-state index contributed by atoms with van der Waals surface area (Å²) in [6.07, 6.45) is 7.64. The maximum atomic E-state index is 12.4. The van der Waals surface area contributed by atoms with E-state index in [1.165, 1.54) is 34.0 Å². The van der Waals surface area contributed by atoms with Gasteiger partial charge in [-0.2, -0.15) is 0 Å². The normalized spacial score (nSPS) is 27.1. The van der Waals surface area contributed by atoms with Crippen molar-refractivity contribution in [3.05, 3.63) is 119 Å². The van der Waals surface area contributed by atoms with Crippen molar-refractivity contribution in [2.24, 2.45) is 0 Å². The van der Waals surface area contributed by atoms with Crippen molar-refractivity contribution in [2.45, 2.75) is 115 Å². The maximum Gasteiger partial charge on any atom is 0.316 e. The molecule has 0 saturated carbocycles. The van der Waals surface area contributed by atoms with Gasteiger partial charge in [-0.25, -0.2) is 0 Å². The summed E-state index contributed by atoms with van der Waals surface area (Å²) >= 11 is 8.03. The minimum Gasteiger partial charge on any atom is -0.462 e. The number of morpholine rings is 1. The molecular formula is C51H63ClN4O7S. The summed E-state index contributed by atoms with van der Waals surface area (Å²) in [5, 5.41) is 19.9. The minimum atomic E-state index is -0.593. The molecule has 342 valence electrons. The first-order valence-electron chi connectivity index (χ1n) is 22.8. The number of ether oxygens (including phenoxy) is 3. The van der Waals surface area contributed by atoms with Crippen LogP contribution in [0.3, 0.4) is 0 Å². The Labute approximate surface area is 387 Å². The lowest BCUT2D eigenvalue weighted by atomic mass is 9.97. The number of fused-ring (bicyclic) bond motifs is 9. The molecule has 11 nitrogen and oxygen atoms in total. The van der Waals surface area contributed by atoms with Gasteiger partial charge in [0.2, 0.25) is 0 Å². The highest BCUT2D eigenvalue weighted by atomic mass is 35.5. The molecule has 4 bridgehead atoms. The van der Waals surface area contributed by atoms with E-state index >= 15 is 0 Å². The SMILES string of the molecule is CN(C)CCCN1c2ccccc2Sc2ccc(Cl)cc21.CN1[C@@H]2CC(OC(=O)[C@H](CO)c3ccccc3)C[C@H]1[C@@H]1O[C@@H]12.CN1[C@@H]2CC[C@H]1CC(OC(=O)C(CO)c1ccccc1)C2. The molecule has 10 rings (SSSR count). The lowest BCUT2D eigenvalue weighted by Gasteiger charge is -2.38. The molecule has 0 radical (unpaired) electrons. The zero-order valence-electron chi connectivity index (χ0n) is 37.4. The molecule has 13 heteroatoms. The number of hydrogen-bond donors (Lipinski definition) is 2. The first kappa shape index (κ1) is 46.5. The average Bonchev–Trinajstić information content (AvgIpc) is 4.03. The van der Waals surface area contributed by atoms with Crippen molar-refractivity contribution >= 4 is 46.7 Å². The standard InChI is InChI=1S/C17H19ClN2S.C17H21NO4.C17H23NO3/c1-19(2)10-5-11-20-14-6-3-4-7-16(14)21-17-9-8-13(18)12-15(17)20;1-18-13-7-11(8-14(18)16-15(13)22-16)21-17(20)12(9-19)10-5-3-2-4-6-10;1-18-13-7-8-14(18)10-15(9-13)21-17(20)16(11-19)12-5-3-2-4-6-12/h3-4,6-9,12H,5,10-11H2,1-2H3;2-6,11-16,19H,7-9H2,1H3;2-6,13-16,19H,7-11H2,1H3/t;11?,12-,13-,14+,15-,16+;13-,14+,15?,16?/m.1./s1. The molecular weight excluding hydrogens is 848 g/mol. The van der Waals surface area contributed by atoms with Crippen molar-refractivity contribution in [2.75, 3.05) is 59.4 Å². The number of aliphatic hydroxyl groups is 2. The molecule has 3 unspecified atom stereocenters. The van der Waals surface area contributed by atoms with Crippen LogP contribution in [-0.4, -0.2) is 140 Å². The van der Waals surface area contributed by atoms with E-state index in [0.29, 0.717) is 36.4 Å². The van der Waals surface area contributed by atoms with Gasteiger partial charge in [0.25, 0.3) is 0 Å². The molecule has 64 heavy (non-hydrogen) atoms. The smallest absolute Gasteiger partial charge is 0.316 e. The molecule has 5 fully saturated rings. The monoisotopic (exact) mass is 910 g/mol. The Morgan fingerprint density at radius 3 is 1.78 bits per heavy atom. The fraction of sp³-hybridized carbons (Fsp3) is 0.490. The zero-order chi connectivity index (χ0) is 44.9. The summed E-state index contributed by atoms with van der Waals surface area (Å²) < 4.78 is 17.1. The number of epoxide rings is 1. The van der Waals surface area contributed by atoms with E-state index in [2.05, 4.69) is 84.2 Å². The molecule has 10 atom stereocenters. The number of piperidine rings is 2. The fourth-order valence-corrected chi connectivity index (χ4v) is 11.6. The van der Waals surface area contributed by atoms with Crippen molar-refractivity contribution in [3.63, 3.8) is 0 Å². The number of rotatable bonds is 12. The van der Waals surface area contributed by atoms with Crippen LogP contribution in [0.4, 0.5) is 11.4 Å². The van der Waals surface area contributed by atoms with E-state index in [1.54, 1.807) is 0 Å². The van der Waals surface area contributed by atoms with Gasteiger partial charge in [0, 0.05) is 58.4 Å². The summed E-state index contributed by atoms with van der Waals surface area (Å²) in [7, 11) is 8.53. The van der Waals surface area contributed by atoms with Crippen LogP contribution in [0.1, 0.15) is 67.9 Å². The number of hydrogen-bond acceptors (Lipinski definition) is 12. The second-order valence-corrected chi connectivity index (χ2v) is 19.8. The first-order valence-corrected chi connectivity index (χ1v) is 24.0. The molecule has 6 heterocycles. The summed E-state index contributed by atoms with van der Waals surface area (Å²) in [5.74, 6) is -1.78. The highest BCUT2D eigenvalue weighted by Crippen LogP contribution is 2.49. The van der Waals surface area contributed by atoms with E-state index in [1.807, 2.05) is 78.5 Å². The average molecular weight is 912 g/mol. The number of halogens is 1. The minimum absolute atomic E-state index is 0.00367. The van der Waals surface area contributed by atoms with E-state index in [-0.39, 0.29) is 37.4 Å². The van der Waals surface area contributed by atoms with Crippen LogP contribution in [0.25, 0.3) is 0 Å². The number of carbonyl (C=O) groups is 2. The van der Waals surface area contributed by atoms with Gasteiger partial charge >= 0.3 is 11.9 Å². The Balaban J connectivity index is 0.000000131. The van der Waals surface area contributed by atoms with Gasteiger partial charge in [0.05, 0.1) is 24.6 Å². The largest absolute Gasteiger partial charge is 0.462 e. The third-order valence-electron chi connectivity index (χ3n) is 13.9. The molecule has 0 spiro atoms. The lowest BCUT2D eigenvalue weighted by Crippen LogP contribution is -2.48. The summed E-state index contributed by atoms with van der Waals surface area (Å²) in [5.41, 5.74) is 4.14. The Hall–Kier alpha value is -3.98. The van der Waals surface area contributed by atoms with Crippen LogP contribution >= 0.6 is 23.4 Å². The van der Waals surface area contributed by atoms with Gasteiger partial charge in [0.15, 0.2) is 0 Å². The topological polar surface area (TPSA) is 119 Å². The second kappa shape index (κ2) is 21.1. The zero-order valence-corrected chi connectivity index (χ0v) is 38.9. The van der Waals surface area contributed by atoms with Crippen LogP contribution in [0.2, 0.25) is 5.02 Å². The Morgan fingerprint density at radius 2 is 1.23 bits per heavy atom. The predicted octanol–water partition coefficient (Wildman–Crippen LogP) is 7.74. The van der Waals surface area contributed by atoms with Crippen LogP contribution in [0.15, 0.2) is 113 Å². The van der Waals surface area contributed by atoms with E-state index < -0.39 is 11.8 Å². The van der Waals surface area contributed by atoms with Crippen molar-refractivity contribution in [1.29, 1.82) is 0 Å². The molecule has 6 aliphatic rings. The van der Waals surface area contributed by atoms with Crippen LogP contribution < -0.4 is 4.90 Å². The van der Waals surface area contributed by atoms with Crippen molar-refractivity contribution in [1.82, 2.24) is 14.7 Å². The van der Waals surface area contributed by atoms with E-state index in [4.69, 9.17) is 25.8 Å². The van der Waals surface area contributed by atoms with Gasteiger partial charge in [-0.05, 0) is 108 Å². The van der Waals surface area contributed by atoms with Crippen LogP contribution in [0.5, 0.6) is 0 Å². The third-order valence-corrected chi connectivity index (χ3v) is 15.3. The number of anilines is 2. The van der Waals surface area contributed by atoms with E-state index in [9.17, 15) is 19.8 Å². The highest BCUT2D eigenvalue weighted by Gasteiger charge is 2.63. The summed E-state index contributed by atoms with van der Waals surface area (Å²) in [6, 6.07) is 35.3. The number of aliphatic hydroxyl groups excluding tert-OH is 2. The number of para-hydroxylation sites is 1. The molecule has 6 aliphatic heterocycles. The quantitative estimate of drug-likeness (QED) is 0.107. The molecule has 0 aliphatic carbocycles.